The Hall–Kier alpha value is -3.03. The van der Waals surface area contributed by atoms with Crippen LogP contribution in [-0.4, -0.2) is 25.7 Å². The van der Waals surface area contributed by atoms with Crippen molar-refractivity contribution in [1.82, 2.24) is 14.9 Å². The highest BCUT2D eigenvalue weighted by Crippen LogP contribution is 2.18. The van der Waals surface area contributed by atoms with E-state index in [1.165, 1.54) is 6.20 Å². The van der Waals surface area contributed by atoms with Crippen molar-refractivity contribution in [1.29, 1.82) is 0 Å². The molecule has 0 radical (unpaired) electrons. The third-order valence-electron chi connectivity index (χ3n) is 3.95. The Labute approximate surface area is 143 Å². The third kappa shape index (κ3) is 3.15. The lowest BCUT2D eigenvalue weighted by Gasteiger charge is -2.14. The van der Waals surface area contributed by atoms with Crippen molar-refractivity contribution in [2.24, 2.45) is 0 Å². The van der Waals surface area contributed by atoms with E-state index in [9.17, 15) is 19.8 Å². The number of amides is 1. The minimum Gasteiger partial charge on any atom is -0.392 e. The van der Waals surface area contributed by atoms with Gasteiger partial charge in [0.25, 0.3) is 11.5 Å². The number of rotatable bonds is 5. The highest BCUT2D eigenvalue weighted by molar-refractivity contribution is 5.99. The molecule has 0 atom stereocenters. The van der Waals surface area contributed by atoms with E-state index in [1.807, 2.05) is 30.3 Å². The van der Waals surface area contributed by atoms with Gasteiger partial charge in [-0.05, 0) is 17.7 Å². The number of nitrogens with one attached hydrogen (secondary N) is 1. The van der Waals surface area contributed by atoms with E-state index in [4.69, 9.17) is 0 Å². The molecule has 7 nitrogen and oxygen atoms in total. The van der Waals surface area contributed by atoms with Gasteiger partial charge in [0.2, 0.25) is 0 Å². The first kappa shape index (κ1) is 16.8. The van der Waals surface area contributed by atoms with Gasteiger partial charge in [0.15, 0.2) is 0 Å². The lowest BCUT2D eigenvalue weighted by atomic mass is 10.0. The predicted molar refractivity (Wildman–Crippen MR) is 91.8 cm³/mol. The van der Waals surface area contributed by atoms with Gasteiger partial charge in [-0.2, -0.15) is 0 Å². The van der Waals surface area contributed by atoms with Crippen LogP contribution in [0.15, 0.2) is 53.5 Å². The summed E-state index contributed by atoms with van der Waals surface area (Å²) >= 11 is 0. The van der Waals surface area contributed by atoms with E-state index in [1.54, 1.807) is 12.1 Å². The second-order valence-corrected chi connectivity index (χ2v) is 5.43. The zero-order valence-electron chi connectivity index (χ0n) is 13.3. The predicted octanol–water partition coefficient (Wildman–Crippen LogP) is 0.769. The van der Waals surface area contributed by atoms with Crippen molar-refractivity contribution in [3.8, 4) is 0 Å². The average Bonchev–Trinajstić information content (AvgIpc) is 2.66. The molecule has 0 aliphatic carbocycles. The van der Waals surface area contributed by atoms with Crippen LogP contribution in [-0.2, 0) is 19.9 Å². The largest absolute Gasteiger partial charge is 0.392 e. The summed E-state index contributed by atoms with van der Waals surface area (Å²) in [5.41, 5.74) is 0.421. The van der Waals surface area contributed by atoms with Crippen LogP contribution in [0.4, 0.5) is 0 Å². The van der Waals surface area contributed by atoms with Gasteiger partial charge in [-0.1, -0.05) is 30.3 Å². The van der Waals surface area contributed by atoms with Gasteiger partial charge in [0.05, 0.1) is 6.61 Å². The van der Waals surface area contributed by atoms with Crippen LogP contribution >= 0.6 is 0 Å². The molecular formula is C18H17N3O4. The van der Waals surface area contributed by atoms with Crippen LogP contribution in [0.1, 0.15) is 21.5 Å². The molecule has 1 amide bonds. The molecule has 1 aromatic carbocycles. The van der Waals surface area contributed by atoms with Gasteiger partial charge in [0.1, 0.15) is 17.9 Å². The Morgan fingerprint density at radius 1 is 1.12 bits per heavy atom. The van der Waals surface area contributed by atoms with Crippen molar-refractivity contribution in [2.45, 2.75) is 19.9 Å². The Balaban J connectivity index is 2.07. The fraction of sp³-hybridized carbons (Fsp3) is 0.167. The zero-order valence-corrected chi connectivity index (χ0v) is 13.3. The molecular weight excluding hydrogens is 322 g/mol. The molecule has 128 valence electrons. The fourth-order valence-electron chi connectivity index (χ4n) is 2.74. The Morgan fingerprint density at radius 3 is 2.56 bits per heavy atom. The molecule has 0 unspecified atom stereocenters. The van der Waals surface area contributed by atoms with E-state index in [0.29, 0.717) is 5.39 Å². The van der Waals surface area contributed by atoms with E-state index < -0.39 is 24.8 Å². The molecule has 3 aromatic rings. The maximum atomic E-state index is 12.6. The smallest absolute Gasteiger partial charge is 0.267 e. The summed E-state index contributed by atoms with van der Waals surface area (Å²) < 4.78 is 1.01. The third-order valence-corrected chi connectivity index (χ3v) is 3.95. The Kier molecular flexibility index (Phi) is 4.87. The standard InChI is InChI=1S/C18H17N3O4/c22-10-14-13-7-4-8-19-16(13)21(11-23)18(25)15(14)17(24)20-9-12-5-2-1-3-6-12/h1-8,22-23H,9-11H2,(H,20,24). The lowest BCUT2D eigenvalue weighted by molar-refractivity contribution is 0.0945. The topological polar surface area (TPSA) is 104 Å². The number of aliphatic hydroxyl groups excluding tert-OH is 2. The Bertz CT molecular complexity index is 967. The first-order valence-corrected chi connectivity index (χ1v) is 7.71. The molecule has 2 heterocycles. The van der Waals surface area contributed by atoms with Gasteiger partial charge in [-0.25, -0.2) is 4.98 Å². The number of aromatic nitrogens is 2. The zero-order chi connectivity index (χ0) is 17.8. The SMILES string of the molecule is O=C(NCc1ccccc1)c1c(CO)c2cccnc2n(CO)c1=O. The number of hydrogen-bond acceptors (Lipinski definition) is 5. The summed E-state index contributed by atoms with van der Waals surface area (Å²) in [7, 11) is 0. The molecule has 3 N–H and O–H groups in total. The van der Waals surface area contributed by atoms with Crippen molar-refractivity contribution in [3.63, 3.8) is 0 Å². The average molecular weight is 339 g/mol. The fourth-order valence-corrected chi connectivity index (χ4v) is 2.74. The molecule has 0 aliphatic rings. The number of pyridine rings is 2. The van der Waals surface area contributed by atoms with E-state index in [0.717, 1.165) is 10.1 Å². The van der Waals surface area contributed by atoms with Crippen LogP contribution in [0.2, 0.25) is 0 Å². The van der Waals surface area contributed by atoms with Gasteiger partial charge < -0.3 is 15.5 Å². The number of fused-ring (bicyclic) bond motifs is 1. The first-order chi connectivity index (χ1) is 12.2. The van der Waals surface area contributed by atoms with Crippen molar-refractivity contribution in [2.75, 3.05) is 0 Å². The minimum atomic E-state index is -0.691. The normalized spacial score (nSPS) is 10.8. The number of carbonyl (C=O) groups is 1. The maximum Gasteiger partial charge on any atom is 0.267 e. The van der Waals surface area contributed by atoms with E-state index in [2.05, 4.69) is 10.3 Å². The summed E-state index contributed by atoms with van der Waals surface area (Å²) in [6.07, 6.45) is 1.48. The highest BCUT2D eigenvalue weighted by atomic mass is 16.3. The van der Waals surface area contributed by atoms with Crippen molar-refractivity contribution < 1.29 is 15.0 Å². The van der Waals surface area contributed by atoms with E-state index >= 15 is 0 Å². The van der Waals surface area contributed by atoms with Gasteiger partial charge in [-0.15, -0.1) is 0 Å². The number of nitrogens with zero attached hydrogens (tertiary/aromatic N) is 2. The summed E-state index contributed by atoms with van der Waals surface area (Å²) in [6.45, 7) is -0.858. The summed E-state index contributed by atoms with van der Waals surface area (Å²) in [4.78, 5) is 29.3. The summed E-state index contributed by atoms with van der Waals surface area (Å²) in [5.74, 6) is -0.606. The second-order valence-electron chi connectivity index (χ2n) is 5.43. The quantitative estimate of drug-likeness (QED) is 0.637. The van der Waals surface area contributed by atoms with Crippen LogP contribution in [0.5, 0.6) is 0 Å². The number of benzene rings is 1. The van der Waals surface area contributed by atoms with Crippen molar-refractivity contribution in [3.05, 3.63) is 75.7 Å². The number of aliphatic hydroxyl groups is 2. The molecule has 0 fully saturated rings. The molecule has 3 rings (SSSR count). The highest BCUT2D eigenvalue weighted by Gasteiger charge is 2.22. The summed E-state index contributed by atoms with van der Waals surface area (Å²) in [6, 6.07) is 12.5. The molecule has 0 aliphatic heterocycles. The summed E-state index contributed by atoms with van der Waals surface area (Å²) in [5, 5.41) is 22.4. The molecule has 25 heavy (non-hydrogen) atoms. The minimum absolute atomic E-state index is 0.187. The maximum absolute atomic E-state index is 12.6. The second kappa shape index (κ2) is 7.25. The number of hydrogen-bond donors (Lipinski definition) is 3. The Morgan fingerprint density at radius 2 is 1.88 bits per heavy atom. The molecule has 7 heteroatoms. The van der Waals surface area contributed by atoms with Crippen LogP contribution in [0.3, 0.4) is 0 Å². The molecule has 0 saturated carbocycles. The van der Waals surface area contributed by atoms with Gasteiger partial charge in [-0.3, -0.25) is 14.2 Å². The monoisotopic (exact) mass is 339 g/mol. The van der Waals surface area contributed by atoms with E-state index in [-0.39, 0.29) is 23.3 Å². The molecule has 2 aromatic heterocycles. The molecule has 0 bridgehead atoms. The van der Waals surface area contributed by atoms with Crippen LogP contribution < -0.4 is 10.9 Å². The lowest BCUT2D eigenvalue weighted by Crippen LogP contribution is -2.35. The van der Waals surface area contributed by atoms with Crippen molar-refractivity contribution >= 4 is 16.9 Å². The van der Waals surface area contributed by atoms with Gasteiger partial charge >= 0.3 is 0 Å². The molecule has 0 spiro atoms. The van der Waals surface area contributed by atoms with Crippen LogP contribution in [0, 0.1) is 0 Å². The van der Waals surface area contributed by atoms with Gasteiger partial charge in [0, 0.05) is 23.7 Å². The molecule has 0 saturated heterocycles. The van der Waals surface area contributed by atoms with Crippen LogP contribution in [0.25, 0.3) is 11.0 Å². The number of carbonyl (C=O) groups excluding carboxylic acids is 1. The first-order valence-electron chi connectivity index (χ1n) is 7.71.